The van der Waals surface area contributed by atoms with E-state index in [-0.39, 0.29) is 23.4 Å². The van der Waals surface area contributed by atoms with Gasteiger partial charge in [0.2, 0.25) is 0 Å². The summed E-state index contributed by atoms with van der Waals surface area (Å²) in [6.45, 7) is 3.58. The second-order valence-corrected chi connectivity index (χ2v) is 4.16. The van der Waals surface area contributed by atoms with Crippen LogP contribution in [-0.4, -0.2) is 41.8 Å². The predicted molar refractivity (Wildman–Crippen MR) is 64.9 cm³/mol. The van der Waals surface area contributed by atoms with Gasteiger partial charge in [-0.25, -0.2) is 4.98 Å². The molecule has 7 nitrogen and oxygen atoms in total. The summed E-state index contributed by atoms with van der Waals surface area (Å²) in [6.07, 6.45) is 1.31. The van der Waals surface area contributed by atoms with Gasteiger partial charge in [-0.3, -0.25) is 4.79 Å². The number of nitrogens with zero attached hydrogens (tertiary/aromatic N) is 2. The number of rotatable bonds is 2. The van der Waals surface area contributed by atoms with Crippen molar-refractivity contribution in [1.29, 1.82) is 0 Å². The summed E-state index contributed by atoms with van der Waals surface area (Å²) in [5.41, 5.74) is 11.1. The van der Waals surface area contributed by atoms with Crippen molar-refractivity contribution in [1.82, 2.24) is 9.97 Å². The standard InChI is InChI=1S/C10H17N5O2/c1-6-4-17-7(2-11)3-15(6)9-8(12)10(16)14-5-13-9/h5-7H,2-4,11-12H2,1H3,(H,13,14,16). The Balaban J connectivity index is 2.31. The van der Waals surface area contributed by atoms with Gasteiger partial charge in [0.1, 0.15) is 5.69 Å². The first kappa shape index (κ1) is 11.9. The van der Waals surface area contributed by atoms with Gasteiger partial charge in [0.05, 0.1) is 25.1 Å². The third kappa shape index (κ3) is 2.25. The molecule has 2 unspecified atom stereocenters. The molecule has 1 fully saturated rings. The monoisotopic (exact) mass is 239 g/mol. The van der Waals surface area contributed by atoms with E-state index in [1.807, 2.05) is 11.8 Å². The number of ether oxygens (including phenoxy) is 1. The van der Waals surface area contributed by atoms with Crippen LogP contribution in [0.3, 0.4) is 0 Å². The van der Waals surface area contributed by atoms with Crippen molar-refractivity contribution in [2.45, 2.75) is 19.1 Å². The van der Waals surface area contributed by atoms with Crippen molar-refractivity contribution < 1.29 is 4.74 Å². The zero-order valence-corrected chi connectivity index (χ0v) is 9.72. The summed E-state index contributed by atoms with van der Waals surface area (Å²) in [5, 5.41) is 0. The number of anilines is 2. The highest BCUT2D eigenvalue weighted by Crippen LogP contribution is 2.22. The summed E-state index contributed by atoms with van der Waals surface area (Å²) >= 11 is 0. The van der Waals surface area contributed by atoms with Crippen molar-refractivity contribution in [3.05, 3.63) is 16.7 Å². The van der Waals surface area contributed by atoms with Crippen molar-refractivity contribution in [2.75, 3.05) is 30.3 Å². The third-order valence-electron chi connectivity index (χ3n) is 2.91. The maximum atomic E-state index is 11.4. The lowest BCUT2D eigenvalue weighted by Gasteiger charge is -2.38. The van der Waals surface area contributed by atoms with Crippen LogP contribution >= 0.6 is 0 Å². The van der Waals surface area contributed by atoms with Gasteiger partial charge < -0.3 is 26.1 Å². The molecule has 5 N–H and O–H groups in total. The minimum Gasteiger partial charge on any atom is -0.391 e. The van der Waals surface area contributed by atoms with Crippen molar-refractivity contribution in [3.63, 3.8) is 0 Å². The van der Waals surface area contributed by atoms with E-state index in [4.69, 9.17) is 16.2 Å². The number of hydrogen-bond donors (Lipinski definition) is 3. The molecule has 7 heteroatoms. The number of morpholine rings is 1. The van der Waals surface area contributed by atoms with Crippen LogP contribution < -0.4 is 21.9 Å². The summed E-state index contributed by atoms with van der Waals surface area (Å²) in [4.78, 5) is 20.0. The van der Waals surface area contributed by atoms with Crippen LogP contribution in [0.2, 0.25) is 0 Å². The van der Waals surface area contributed by atoms with Gasteiger partial charge in [-0.15, -0.1) is 0 Å². The van der Waals surface area contributed by atoms with E-state index in [2.05, 4.69) is 9.97 Å². The lowest BCUT2D eigenvalue weighted by Crippen LogP contribution is -2.51. The highest BCUT2D eigenvalue weighted by molar-refractivity contribution is 5.61. The summed E-state index contributed by atoms with van der Waals surface area (Å²) < 4.78 is 5.54. The molecule has 1 aromatic rings. The largest absolute Gasteiger partial charge is 0.391 e. The van der Waals surface area contributed by atoms with E-state index in [1.54, 1.807) is 0 Å². The molecule has 1 aliphatic heterocycles. The molecule has 1 aromatic heterocycles. The topological polar surface area (TPSA) is 110 Å². The quantitative estimate of drug-likeness (QED) is 0.604. The Morgan fingerprint density at radius 1 is 1.71 bits per heavy atom. The Kier molecular flexibility index (Phi) is 3.30. The first-order valence-electron chi connectivity index (χ1n) is 5.55. The van der Waals surface area contributed by atoms with Crippen molar-refractivity contribution >= 4 is 11.5 Å². The first-order chi connectivity index (χ1) is 8.13. The molecule has 17 heavy (non-hydrogen) atoms. The summed E-state index contributed by atoms with van der Waals surface area (Å²) in [6, 6.07) is 0.120. The van der Waals surface area contributed by atoms with Crippen LogP contribution in [0.5, 0.6) is 0 Å². The fourth-order valence-corrected chi connectivity index (χ4v) is 1.88. The maximum absolute atomic E-state index is 11.4. The molecule has 1 saturated heterocycles. The lowest BCUT2D eigenvalue weighted by atomic mass is 10.2. The second kappa shape index (κ2) is 4.72. The van der Waals surface area contributed by atoms with Gasteiger partial charge in [-0.05, 0) is 6.92 Å². The summed E-state index contributed by atoms with van der Waals surface area (Å²) in [5.74, 6) is 0.503. The van der Waals surface area contributed by atoms with Crippen LogP contribution in [0, 0.1) is 0 Å². The van der Waals surface area contributed by atoms with Gasteiger partial charge in [0.25, 0.3) is 5.56 Å². The molecule has 2 atom stereocenters. The van der Waals surface area contributed by atoms with E-state index in [1.165, 1.54) is 6.33 Å². The number of aromatic nitrogens is 2. The first-order valence-corrected chi connectivity index (χ1v) is 5.55. The second-order valence-electron chi connectivity index (χ2n) is 4.16. The minimum atomic E-state index is -0.321. The highest BCUT2D eigenvalue weighted by atomic mass is 16.5. The molecule has 0 bridgehead atoms. The average molecular weight is 239 g/mol. The highest BCUT2D eigenvalue weighted by Gasteiger charge is 2.28. The van der Waals surface area contributed by atoms with Crippen LogP contribution in [0.1, 0.15) is 6.92 Å². The Labute approximate surface area is 98.8 Å². The van der Waals surface area contributed by atoms with Gasteiger partial charge in [-0.1, -0.05) is 0 Å². The SMILES string of the molecule is CC1COC(CN)CN1c1nc[nH]c(=O)c1N. The zero-order chi connectivity index (χ0) is 12.4. The van der Waals surface area contributed by atoms with E-state index >= 15 is 0 Å². The van der Waals surface area contributed by atoms with Gasteiger partial charge >= 0.3 is 0 Å². The van der Waals surface area contributed by atoms with Crippen LogP contribution in [-0.2, 0) is 4.74 Å². The number of aromatic amines is 1. The Hall–Kier alpha value is -1.60. The molecule has 2 heterocycles. The molecular weight excluding hydrogens is 222 g/mol. The fourth-order valence-electron chi connectivity index (χ4n) is 1.88. The van der Waals surface area contributed by atoms with Gasteiger partial charge in [-0.2, -0.15) is 0 Å². The Morgan fingerprint density at radius 2 is 2.47 bits per heavy atom. The van der Waals surface area contributed by atoms with E-state index in [0.717, 1.165) is 0 Å². The van der Waals surface area contributed by atoms with Crippen LogP contribution in [0.15, 0.2) is 11.1 Å². The van der Waals surface area contributed by atoms with Gasteiger partial charge in [0.15, 0.2) is 5.82 Å². The van der Waals surface area contributed by atoms with Crippen molar-refractivity contribution in [3.8, 4) is 0 Å². The molecule has 0 aromatic carbocycles. The molecular formula is C10H17N5O2. The van der Waals surface area contributed by atoms with Crippen LogP contribution in [0.25, 0.3) is 0 Å². The van der Waals surface area contributed by atoms with Gasteiger partial charge in [0, 0.05) is 13.1 Å². The summed E-state index contributed by atoms with van der Waals surface area (Å²) in [7, 11) is 0. The van der Waals surface area contributed by atoms with Crippen LogP contribution in [0.4, 0.5) is 11.5 Å². The molecule has 0 saturated carbocycles. The van der Waals surface area contributed by atoms with E-state index in [9.17, 15) is 4.79 Å². The normalized spacial score (nSPS) is 24.9. The lowest BCUT2D eigenvalue weighted by molar-refractivity contribution is 0.0280. The molecule has 0 aliphatic carbocycles. The Morgan fingerprint density at radius 3 is 3.18 bits per heavy atom. The molecule has 94 valence electrons. The third-order valence-corrected chi connectivity index (χ3v) is 2.91. The Bertz CT molecular complexity index is 447. The zero-order valence-electron chi connectivity index (χ0n) is 9.72. The molecule has 2 rings (SSSR count). The molecule has 1 aliphatic rings. The number of H-pyrrole nitrogens is 1. The molecule has 0 spiro atoms. The smallest absolute Gasteiger partial charge is 0.276 e. The maximum Gasteiger partial charge on any atom is 0.276 e. The average Bonchev–Trinajstić information content (AvgIpc) is 2.34. The van der Waals surface area contributed by atoms with E-state index in [0.29, 0.717) is 25.5 Å². The fraction of sp³-hybridized carbons (Fsp3) is 0.600. The van der Waals surface area contributed by atoms with Crippen molar-refractivity contribution in [2.24, 2.45) is 5.73 Å². The number of nitrogens with one attached hydrogen (secondary N) is 1. The minimum absolute atomic E-state index is 0.0494. The molecule has 0 radical (unpaired) electrons. The molecule has 0 amide bonds. The number of nitrogen functional groups attached to an aromatic ring is 1. The van der Waals surface area contributed by atoms with E-state index < -0.39 is 0 Å². The predicted octanol–water partition coefficient (Wildman–Crippen LogP) is -1.10. The number of nitrogens with two attached hydrogens (primary N) is 2. The number of hydrogen-bond acceptors (Lipinski definition) is 6.